The zero-order valence-corrected chi connectivity index (χ0v) is 6.26. The van der Waals surface area contributed by atoms with Crippen molar-refractivity contribution in [1.29, 1.82) is 0 Å². The normalized spacial score (nSPS) is 19.9. The van der Waals surface area contributed by atoms with Gasteiger partial charge in [0.1, 0.15) is 5.54 Å². The number of terminal acetylenes is 1. The molecule has 0 spiro atoms. The van der Waals surface area contributed by atoms with E-state index < -0.39 is 11.5 Å². The van der Waals surface area contributed by atoms with E-state index in [9.17, 15) is 4.79 Å². The Morgan fingerprint density at radius 2 is 2.36 bits per heavy atom. The molecule has 0 atom stereocenters. The summed E-state index contributed by atoms with van der Waals surface area (Å²) in [6.07, 6.45) is 7.38. The van der Waals surface area contributed by atoms with Crippen LogP contribution in [0.15, 0.2) is 0 Å². The molecule has 0 aromatic rings. The van der Waals surface area contributed by atoms with Crippen LogP contribution in [0.5, 0.6) is 0 Å². The van der Waals surface area contributed by atoms with Crippen LogP contribution < -0.4 is 5.32 Å². The van der Waals surface area contributed by atoms with E-state index in [2.05, 4.69) is 11.2 Å². The zero-order chi connectivity index (χ0) is 8.32. The highest BCUT2D eigenvalue weighted by Gasteiger charge is 2.43. The lowest BCUT2D eigenvalue weighted by Gasteiger charge is -2.37. The Balaban J connectivity index is 2.48. The van der Waals surface area contributed by atoms with Gasteiger partial charge in [-0.3, -0.25) is 10.1 Å². The lowest BCUT2D eigenvalue weighted by atomic mass is 9.77. The molecule has 0 unspecified atom stereocenters. The van der Waals surface area contributed by atoms with Crippen molar-refractivity contribution < 1.29 is 9.90 Å². The lowest BCUT2D eigenvalue weighted by molar-refractivity contribution is -0.148. The molecule has 0 bridgehead atoms. The number of carbonyl (C=O) groups is 1. The fourth-order valence-electron chi connectivity index (χ4n) is 1.22. The maximum Gasteiger partial charge on any atom is 0.323 e. The molecule has 1 aliphatic rings. The summed E-state index contributed by atoms with van der Waals surface area (Å²) >= 11 is 0. The van der Waals surface area contributed by atoms with Gasteiger partial charge in [0.25, 0.3) is 0 Å². The van der Waals surface area contributed by atoms with E-state index in [1.165, 1.54) is 0 Å². The van der Waals surface area contributed by atoms with E-state index in [-0.39, 0.29) is 0 Å². The van der Waals surface area contributed by atoms with Gasteiger partial charge < -0.3 is 5.11 Å². The Bertz CT molecular complexity index is 201. The van der Waals surface area contributed by atoms with E-state index >= 15 is 0 Å². The molecule has 60 valence electrons. The number of hydrogen-bond acceptors (Lipinski definition) is 2. The third-order valence-corrected chi connectivity index (χ3v) is 2.15. The Kier molecular flexibility index (Phi) is 2.16. The Morgan fingerprint density at radius 1 is 1.73 bits per heavy atom. The number of carboxylic acids is 1. The molecule has 0 aromatic heterocycles. The molecule has 3 nitrogen and oxygen atoms in total. The van der Waals surface area contributed by atoms with Gasteiger partial charge in [0.2, 0.25) is 0 Å². The summed E-state index contributed by atoms with van der Waals surface area (Å²) in [7, 11) is 0. The SMILES string of the molecule is C#CCNC1(C(=O)O)CCC1. The van der Waals surface area contributed by atoms with Crippen LogP contribution in [0, 0.1) is 12.3 Å². The maximum absolute atomic E-state index is 10.7. The predicted molar refractivity (Wildman–Crippen MR) is 41.1 cm³/mol. The molecule has 1 fully saturated rings. The van der Waals surface area contributed by atoms with Gasteiger partial charge >= 0.3 is 5.97 Å². The largest absolute Gasteiger partial charge is 0.480 e. The summed E-state index contributed by atoms with van der Waals surface area (Å²) in [6.45, 7) is 0.340. The second-order valence-corrected chi connectivity index (χ2v) is 2.80. The lowest BCUT2D eigenvalue weighted by Crippen LogP contribution is -2.57. The molecular formula is C8H11NO2. The van der Waals surface area contributed by atoms with Crippen molar-refractivity contribution in [3.05, 3.63) is 0 Å². The molecule has 2 N–H and O–H groups in total. The van der Waals surface area contributed by atoms with Crippen LogP contribution in [0.25, 0.3) is 0 Å². The van der Waals surface area contributed by atoms with Crippen LogP contribution in [0.4, 0.5) is 0 Å². The summed E-state index contributed by atoms with van der Waals surface area (Å²) in [4.78, 5) is 10.7. The topological polar surface area (TPSA) is 49.3 Å². The van der Waals surface area contributed by atoms with Gasteiger partial charge in [-0.1, -0.05) is 5.92 Å². The van der Waals surface area contributed by atoms with Crippen molar-refractivity contribution >= 4 is 5.97 Å². The Hall–Kier alpha value is -1.01. The molecule has 0 heterocycles. The standard InChI is InChI=1S/C8H11NO2/c1-2-6-9-8(7(10)11)4-3-5-8/h1,9H,3-6H2,(H,10,11). The molecule has 0 amide bonds. The molecular weight excluding hydrogens is 142 g/mol. The molecule has 1 rings (SSSR count). The molecule has 1 aliphatic carbocycles. The van der Waals surface area contributed by atoms with E-state index in [4.69, 9.17) is 11.5 Å². The van der Waals surface area contributed by atoms with Crippen LogP contribution in [0.2, 0.25) is 0 Å². The average molecular weight is 153 g/mol. The van der Waals surface area contributed by atoms with Gasteiger partial charge in [0, 0.05) is 0 Å². The molecule has 0 radical (unpaired) electrons. The monoisotopic (exact) mass is 153 g/mol. The van der Waals surface area contributed by atoms with Crippen LogP contribution in [-0.2, 0) is 4.79 Å². The number of aliphatic carboxylic acids is 1. The highest BCUT2D eigenvalue weighted by atomic mass is 16.4. The zero-order valence-electron chi connectivity index (χ0n) is 6.26. The first-order chi connectivity index (χ1) is 5.21. The fourth-order valence-corrected chi connectivity index (χ4v) is 1.22. The molecule has 11 heavy (non-hydrogen) atoms. The van der Waals surface area contributed by atoms with Crippen molar-refractivity contribution in [2.45, 2.75) is 24.8 Å². The maximum atomic E-state index is 10.7. The number of nitrogens with one attached hydrogen (secondary N) is 1. The minimum absolute atomic E-state index is 0.340. The molecule has 3 heteroatoms. The van der Waals surface area contributed by atoms with Crippen molar-refractivity contribution in [1.82, 2.24) is 5.32 Å². The number of rotatable bonds is 3. The molecule has 0 aromatic carbocycles. The predicted octanol–water partition coefficient (Wildman–Crippen LogP) is 0.216. The smallest absolute Gasteiger partial charge is 0.323 e. The van der Waals surface area contributed by atoms with Crippen molar-refractivity contribution in [3.63, 3.8) is 0 Å². The molecule has 0 saturated heterocycles. The third kappa shape index (κ3) is 1.36. The minimum atomic E-state index is -0.779. The van der Waals surface area contributed by atoms with E-state index in [0.29, 0.717) is 19.4 Å². The minimum Gasteiger partial charge on any atom is -0.480 e. The van der Waals surface area contributed by atoms with Gasteiger partial charge in [-0.25, -0.2) is 0 Å². The highest BCUT2D eigenvalue weighted by molar-refractivity contribution is 5.80. The van der Waals surface area contributed by atoms with E-state index in [1.54, 1.807) is 0 Å². The van der Waals surface area contributed by atoms with Crippen LogP contribution in [-0.4, -0.2) is 23.2 Å². The van der Waals surface area contributed by atoms with Crippen LogP contribution in [0.1, 0.15) is 19.3 Å². The third-order valence-electron chi connectivity index (χ3n) is 2.15. The number of hydrogen-bond donors (Lipinski definition) is 2. The number of carboxylic acid groups (broad SMARTS) is 1. The first kappa shape index (κ1) is 8.09. The van der Waals surface area contributed by atoms with E-state index in [0.717, 1.165) is 6.42 Å². The fraction of sp³-hybridized carbons (Fsp3) is 0.625. The Labute approximate surface area is 65.8 Å². The van der Waals surface area contributed by atoms with Crippen molar-refractivity contribution in [2.24, 2.45) is 0 Å². The average Bonchev–Trinajstić information content (AvgIpc) is 1.85. The summed E-state index contributed by atoms with van der Waals surface area (Å²) < 4.78 is 0. The van der Waals surface area contributed by atoms with Crippen LogP contribution in [0.3, 0.4) is 0 Å². The second-order valence-electron chi connectivity index (χ2n) is 2.80. The summed E-state index contributed by atoms with van der Waals surface area (Å²) in [5.41, 5.74) is -0.702. The van der Waals surface area contributed by atoms with Crippen molar-refractivity contribution in [2.75, 3.05) is 6.54 Å². The molecule has 1 saturated carbocycles. The van der Waals surface area contributed by atoms with Crippen LogP contribution >= 0.6 is 0 Å². The van der Waals surface area contributed by atoms with Gasteiger partial charge in [-0.05, 0) is 19.3 Å². The second kappa shape index (κ2) is 2.93. The summed E-state index contributed by atoms with van der Waals surface area (Å²) in [6, 6.07) is 0. The quantitative estimate of drug-likeness (QED) is 0.570. The highest BCUT2D eigenvalue weighted by Crippen LogP contribution is 2.31. The molecule has 0 aliphatic heterocycles. The summed E-state index contributed by atoms with van der Waals surface area (Å²) in [5, 5.41) is 11.6. The first-order valence-corrected chi connectivity index (χ1v) is 3.63. The Morgan fingerprint density at radius 3 is 2.64 bits per heavy atom. The van der Waals surface area contributed by atoms with Gasteiger partial charge in [-0.2, -0.15) is 0 Å². The van der Waals surface area contributed by atoms with Gasteiger partial charge in [0.15, 0.2) is 0 Å². The first-order valence-electron chi connectivity index (χ1n) is 3.63. The van der Waals surface area contributed by atoms with E-state index in [1.807, 2.05) is 0 Å². The van der Waals surface area contributed by atoms with Gasteiger partial charge in [0.05, 0.1) is 6.54 Å². The van der Waals surface area contributed by atoms with Gasteiger partial charge in [-0.15, -0.1) is 6.42 Å². The summed E-state index contributed by atoms with van der Waals surface area (Å²) in [5.74, 6) is 1.59. The van der Waals surface area contributed by atoms with Crippen molar-refractivity contribution in [3.8, 4) is 12.3 Å².